The molecule has 2 aromatic rings. The zero-order valence-corrected chi connectivity index (χ0v) is 14.1. The summed E-state index contributed by atoms with van der Waals surface area (Å²) < 4.78 is 0. The molecule has 2 N–H and O–H groups in total. The smallest absolute Gasteiger partial charge is 0.226 e. The highest BCUT2D eigenvalue weighted by Crippen LogP contribution is 2.17. The van der Waals surface area contributed by atoms with Crippen LogP contribution in [0.3, 0.4) is 0 Å². The lowest BCUT2D eigenvalue weighted by atomic mass is 10.1. The molecule has 0 spiro atoms. The van der Waals surface area contributed by atoms with Crippen molar-refractivity contribution in [2.75, 3.05) is 11.1 Å². The molecule has 0 saturated heterocycles. The fourth-order valence-electron chi connectivity index (χ4n) is 1.72. The van der Waals surface area contributed by atoms with Crippen LogP contribution < -0.4 is 5.32 Å². The quantitative estimate of drug-likeness (QED) is 0.764. The predicted molar refractivity (Wildman–Crippen MR) is 88.9 cm³/mol. The normalized spacial score (nSPS) is 11.0. The van der Waals surface area contributed by atoms with Crippen LogP contribution >= 0.6 is 23.1 Å². The summed E-state index contributed by atoms with van der Waals surface area (Å²) in [5.74, 6) is 2.62. The van der Waals surface area contributed by atoms with E-state index in [2.05, 4.69) is 39.7 Å². The first-order valence-electron chi connectivity index (χ1n) is 6.88. The number of amides is 1. The monoisotopic (exact) mass is 324 g/mol. The average molecular weight is 324 g/mol. The minimum absolute atomic E-state index is 0.00114. The summed E-state index contributed by atoms with van der Waals surface area (Å²) in [4.78, 5) is 16.2. The van der Waals surface area contributed by atoms with E-state index in [1.54, 1.807) is 23.1 Å². The molecule has 0 radical (unpaired) electrons. The highest BCUT2D eigenvalue weighted by molar-refractivity contribution is 7.98. The van der Waals surface area contributed by atoms with E-state index < -0.39 is 0 Å². The standard InChI is InChI=1S/C14H20N4OS2/c1-9(2)12-6-13(18-17-12)16-14(19)4-5-20-7-11-8-21-10(3)15-11/h6,8-9H,4-5,7H2,1-3H3,(H2,16,17,18,19). The van der Waals surface area contributed by atoms with Gasteiger partial charge in [-0.25, -0.2) is 4.98 Å². The second-order valence-corrected chi connectivity index (χ2v) is 7.24. The lowest BCUT2D eigenvalue weighted by molar-refractivity contribution is -0.115. The number of carbonyl (C=O) groups excluding carboxylic acids is 1. The van der Waals surface area contributed by atoms with Crippen molar-refractivity contribution in [2.24, 2.45) is 0 Å². The van der Waals surface area contributed by atoms with Gasteiger partial charge in [0.1, 0.15) is 0 Å². The Morgan fingerprint density at radius 2 is 2.33 bits per heavy atom. The van der Waals surface area contributed by atoms with Gasteiger partial charge in [0.2, 0.25) is 5.91 Å². The third-order valence-corrected chi connectivity index (χ3v) is 4.69. The van der Waals surface area contributed by atoms with Gasteiger partial charge in [-0.3, -0.25) is 9.89 Å². The maximum atomic E-state index is 11.8. The van der Waals surface area contributed by atoms with Gasteiger partial charge >= 0.3 is 0 Å². The van der Waals surface area contributed by atoms with Crippen LogP contribution in [-0.2, 0) is 10.5 Å². The average Bonchev–Trinajstić information content (AvgIpc) is 3.04. The predicted octanol–water partition coefficient (Wildman–Crippen LogP) is 3.56. The fraction of sp³-hybridized carbons (Fsp3) is 0.500. The number of thioether (sulfide) groups is 1. The summed E-state index contributed by atoms with van der Waals surface area (Å²) in [7, 11) is 0. The summed E-state index contributed by atoms with van der Waals surface area (Å²) in [5, 5.41) is 13.0. The van der Waals surface area contributed by atoms with E-state index in [0.717, 1.165) is 27.9 Å². The molecule has 7 heteroatoms. The van der Waals surface area contributed by atoms with Crippen molar-refractivity contribution in [3.63, 3.8) is 0 Å². The van der Waals surface area contributed by atoms with Gasteiger partial charge in [-0.05, 0) is 12.8 Å². The lowest BCUT2D eigenvalue weighted by Crippen LogP contribution is -2.12. The highest BCUT2D eigenvalue weighted by Gasteiger charge is 2.08. The van der Waals surface area contributed by atoms with Crippen molar-refractivity contribution in [2.45, 2.75) is 38.9 Å². The van der Waals surface area contributed by atoms with Crippen LogP contribution in [0.15, 0.2) is 11.4 Å². The summed E-state index contributed by atoms with van der Waals surface area (Å²) in [5.41, 5.74) is 2.12. The Kier molecular flexibility index (Phi) is 5.81. The largest absolute Gasteiger partial charge is 0.309 e. The van der Waals surface area contributed by atoms with Crippen molar-refractivity contribution in [3.8, 4) is 0 Å². The topological polar surface area (TPSA) is 70.7 Å². The molecular formula is C14H20N4OS2. The number of nitrogens with zero attached hydrogens (tertiary/aromatic N) is 2. The number of H-pyrrole nitrogens is 1. The number of thiazole rings is 1. The number of aromatic amines is 1. The minimum atomic E-state index is -0.00114. The van der Waals surface area contributed by atoms with Crippen molar-refractivity contribution in [3.05, 3.63) is 27.8 Å². The van der Waals surface area contributed by atoms with Gasteiger partial charge in [0.25, 0.3) is 0 Å². The molecule has 0 bridgehead atoms. The van der Waals surface area contributed by atoms with Crippen molar-refractivity contribution >= 4 is 34.8 Å². The Bertz CT molecular complexity index is 591. The number of carbonyl (C=O) groups is 1. The van der Waals surface area contributed by atoms with E-state index in [0.29, 0.717) is 18.2 Å². The first-order valence-corrected chi connectivity index (χ1v) is 8.92. The van der Waals surface area contributed by atoms with E-state index in [1.807, 2.05) is 13.0 Å². The van der Waals surface area contributed by atoms with Gasteiger partial charge in [0, 0.05) is 35.1 Å². The Balaban J connectivity index is 1.67. The molecule has 21 heavy (non-hydrogen) atoms. The summed E-state index contributed by atoms with van der Waals surface area (Å²) >= 11 is 3.38. The van der Waals surface area contributed by atoms with Crippen LogP contribution in [0.25, 0.3) is 0 Å². The molecule has 114 valence electrons. The van der Waals surface area contributed by atoms with E-state index in [9.17, 15) is 4.79 Å². The molecule has 1 amide bonds. The Hall–Kier alpha value is -1.34. The molecule has 2 heterocycles. The number of rotatable bonds is 7. The number of aryl methyl sites for hydroxylation is 1. The Labute approximate surface area is 132 Å². The Morgan fingerprint density at radius 3 is 2.95 bits per heavy atom. The zero-order valence-electron chi connectivity index (χ0n) is 12.5. The fourth-order valence-corrected chi connectivity index (χ4v) is 3.27. The van der Waals surface area contributed by atoms with Gasteiger partial charge in [-0.15, -0.1) is 11.3 Å². The first kappa shape index (κ1) is 16.0. The van der Waals surface area contributed by atoms with Crippen LogP contribution in [-0.4, -0.2) is 26.8 Å². The molecule has 2 rings (SSSR count). The van der Waals surface area contributed by atoms with Crippen LogP contribution in [0.2, 0.25) is 0 Å². The van der Waals surface area contributed by atoms with Crippen molar-refractivity contribution in [1.29, 1.82) is 0 Å². The number of anilines is 1. The molecule has 0 atom stereocenters. The second kappa shape index (κ2) is 7.61. The van der Waals surface area contributed by atoms with Crippen LogP contribution in [0.5, 0.6) is 0 Å². The maximum Gasteiger partial charge on any atom is 0.226 e. The minimum Gasteiger partial charge on any atom is -0.309 e. The molecule has 0 aliphatic rings. The molecule has 2 aromatic heterocycles. The number of hydrogen-bond donors (Lipinski definition) is 2. The highest BCUT2D eigenvalue weighted by atomic mass is 32.2. The van der Waals surface area contributed by atoms with Gasteiger partial charge in [-0.1, -0.05) is 13.8 Å². The van der Waals surface area contributed by atoms with Crippen molar-refractivity contribution < 1.29 is 4.79 Å². The third-order valence-electron chi connectivity index (χ3n) is 2.88. The summed E-state index contributed by atoms with van der Waals surface area (Å²) in [6.07, 6.45) is 0.484. The molecule has 5 nitrogen and oxygen atoms in total. The Morgan fingerprint density at radius 1 is 1.52 bits per heavy atom. The second-order valence-electron chi connectivity index (χ2n) is 5.07. The molecule has 0 unspecified atom stereocenters. The van der Waals surface area contributed by atoms with Crippen LogP contribution in [0.1, 0.15) is 42.6 Å². The number of aromatic nitrogens is 3. The molecule has 0 aliphatic carbocycles. The van der Waals surface area contributed by atoms with Gasteiger partial charge in [0.15, 0.2) is 5.82 Å². The maximum absolute atomic E-state index is 11.8. The van der Waals surface area contributed by atoms with E-state index in [-0.39, 0.29) is 5.91 Å². The summed E-state index contributed by atoms with van der Waals surface area (Å²) in [6.45, 7) is 6.16. The molecule has 0 aromatic carbocycles. The molecule has 0 aliphatic heterocycles. The van der Waals surface area contributed by atoms with E-state index >= 15 is 0 Å². The van der Waals surface area contributed by atoms with Crippen molar-refractivity contribution in [1.82, 2.24) is 15.2 Å². The number of nitrogens with one attached hydrogen (secondary N) is 2. The third kappa shape index (κ3) is 5.17. The van der Waals surface area contributed by atoms with Crippen LogP contribution in [0, 0.1) is 6.92 Å². The molecular weight excluding hydrogens is 304 g/mol. The first-order chi connectivity index (χ1) is 10.0. The van der Waals surface area contributed by atoms with Gasteiger partial charge in [0.05, 0.1) is 10.7 Å². The molecule has 0 saturated carbocycles. The zero-order chi connectivity index (χ0) is 15.2. The van der Waals surface area contributed by atoms with Gasteiger partial charge in [-0.2, -0.15) is 16.9 Å². The van der Waals surface area contributed by atoms with E-state index in [4.69, 9.17) is 0 Å². The summed E-state index contributed by atoms with van der Waals surface area (Å²) in [6, 6.07) is 1.88. The SMILES string of the molecule is Cc1nc(CSCCC(=O)Nc2cc(C(C)C)[nH]n2)cs1. The molecule has 0 fully saturated rings. The number of hydrogen-bond acceptors (Lipinski definition) is 5. The van der Waals surface area contributed by atoms with Crippen LogP contribution in [0.4, 0.5) is 5.82 Å². The van der Waals surface area contributed by atoms with Gasteiger partial charge < -0.3 is 5.32 Å². The lowest BCUT2D eigenvalue weighted by Gasteiger charge is -2.01. The van der Waals surface area contributed by atoms with E-state index in [1.165, 1.54) is 0 Å².